The molecule has 0 amide bonds. The van der Waals surface area contributed by atoms with Gasteiger partial charge in [0, 0.05) is 17.8 Å². The van der Waals surface area contributed by atoms with Crippen LogP contribution in [-0.4, -0.2) is 11.1 Å². The maximum absolute atomic E-state index is 14.5. The molecular weight excluding hydrogens is 337 g/mol. The lowest BCUT2D eigenvalue weighted by Crippen LogP contribution is -2.11. The zero-order valence-electron chi connectivity index (χ0n) is 17.1. The summed E-state index contributed by atoms with van der Waals surface area (Å²) < 4.78 is 20.4. The number of aryl methyl sites for hydroxylation is 1. The second-order valence-corrected chi connectivity index (χ2v) is 7.43. The topological polar surface area (TPSA) is 22.1 Å². The van der Waals surface area contributed by atoms with E-state index >= 15 is 0 Å². The third-order valence-corrected chi connectivity index (χ3v) is 4.91. The summed E-state index contributed by atoms with van der Waals surface area (Å²) in [5, 5.41) is 0. The number of nitrogens with zero attached hydrogens (tertiary/aromatic N) is 1. The maximum Gasteiger partial charge on any atom is 0.136 e. The highest BCUT2D eigenvalue weighted by atomic mass is 19.1. The zero-order valence-corrected chi connectivity index (χ0v) is 17.1. The van der Waals surface area contributed by atoms with Crippen LogP contribution < -0.4 is 4.74 Å². The first-order chi connectivity index (χ1) is 13.1. The van der Waals surface area contributed by atoms with E-state index in [0.717, 1.165) is 25.7 Å². The van der Waals surface area contributed by atoms with E-state index in [-0.39, 0.29) is 11.9 Å². The Morgan fingerprint density at radius 1 is 0.963 bits per heavy atom. The molecule has 27 heavy (non-hydrogen) atoms. The second kappa shape index (κ2) is 11.7. The first-order valence-electron chi connectivity index (χ1n) is 10.6. The van der Waals surface area contributed by atoms with Gasteiger partial charge in [0.25, 0.3) is 0 Å². The smallest absolute Gasteiger partial charge is 0.136 e. The quantitative estimate of drug-likeness (QED) is 0.364. The summed E-state index contributed by atoms with van der Waals surface area (Å²) in [6, 6.07) is 9.07. The van der Waals surface area contributed by atoms with Crippen LogP contribution in [0, 0.1) is 5.82 Å². The number of ether oxygens (including phenoxy) is 1. The number of hydrogen-bond donors (Lipinski definition) is 0. The Balaban J connectivity index is 1.93. The Morgan fingerprint density at radius 2 is 1.74 bits per heavy atom. The zero-order chi connectivity index (χ0) is 19.5. The van der Waals surface area contributed by atoms with Crippen molar-refractivity contribution in [2.45, 2.75) is 84.7 Å². The van der Waals surface area contributed by atoms with Crippen LogP contribution >= 0.6 is 0 Å². The van der Waals surface area contributed by atoms with Gasteiger partial charge in [0.15, 0.2) is 0 Å². The van der Waals surface area contributed by atoms with Gasteiger partial charge in [-0.2, -0.15) is 0 Å². The van der Waals surface area contributed by atoms with Gasteiger partial charge in [0.05, 0.1) is 11.8 Å². The molecule has 3 heteroatoms. The van der Waals surface area contributed by atoms with E-state index in [4.69, 9.17) is 4.74 Å². The molecule has 1 atom stereocenters. The minimum absolute atomic E-state index is 0.102. The molecule has 0 fully saturated rings. The van der Waals surface area contributed by atoms with E-state index in [0.29, 0.717) is 17.0 Å². The van der Waals surface area contributed by atoms with E-state index in [1.54, 1.807) is 6.07 Å². The van der Waals surface area contributed by atoms with Gasteiger partial charge in [-0.1, -0.05) is 58.4 Å². The van der Waals surface area contributed by atoms with Crippen molar-refractivity contribution in [3.63, 3.8) is 0 Å². The molecule has 148 valence electrons. The van der Waals surface area contributed by atoms with Crippen LogP contribution in [-0.2, 0) is 6.42 Å². The Bertz CT molecular complexity index is 669. The molecule has 0 radical (unpaired) electrons. The number of halogens is 1. The van der Waals surface area contributed by atoms with E-state index in [2.05, 4.69) is 24.9 Å². The van der Waals surface area contributed by atoms with Gasteiger partial charge in [0.1, 0.15) is 11.6 Å². The van der Waals surface area contributed by atoms with E-state index in [1.807, 2.05) is 25.3 Å². The molecule has 1 aromatic heterocycles. The Labute approximate surface area is 164 Å². The molecule has 0 aliphatic heterocycles. The molecule has 0 N–H and O–H groups in total. The van der Waals surface area contributed by atoms with Crippen molar-refractivity contribution in [1.29, 1.82) is 0 Å². The molecule has 2 aromatic rings. The molecular formula is C24H34FNO. The van der Waals surface area contributed by atoms with Crippen LogP contribution in [0.5, 0.6) is 5.75 Å². The lowest BCUT2D eigenvalue weighted by Gasteiger charge is -2.15. The van der Waals surface area contributed by atoms with E-state index in [9.17, 15) is 4.39 Å². The minimum Gasteiger partial charge on any atom is -0.491 e. The minimum atomic E-state index is -0.282. The van der Waals surface area contributed by atoms with E-state index in [1.165, 1.54) is 43.7 Å². The average Bonchev–Trinajstić information content (AvgIpc) is 2.67. The van der Waals surface area contributed by atoms with Crippen molar-refractivity contribution < 1.29 is 9.13 Å². The Morgan fingerprint density at radius 3 is 2.41 bits per heavy atom. The molecule has 0 spiro atoms. The predicted octanol–water partition coefficient (Wildman–Crippen LogP) is 7.36. The number of aromatic nitrogens is 1. The normalized spacial score (nSPS) is 12.1. The average molecular weight is 372 g/mol. The lowest BCUT2D eigenvalue weighted by atomic mass is 10.1. The number of benzene rings is 1. The van der Waals surface area contributed by atoms with Gasteiger partial charge in [-0.05, 0) is 49.9 Å². The van der Waals surface area contributed by atoms with Crippen molar-refractivity contribution >= 4 is 0 Å². The van der Waals surface area contributed by atoms with Gasteiger partial charge in [-0.25, -0.2) is 4.39 Å². The molecule has 0 aliphatic carbocycles. The fourth-order valence-electron chi connectivity index (χ4n) is 3.22. The first kappa shape index (κ1) is 21.4. The van der Waals surface area contributed by atoms with Crippen LogP contribution in [0.4, 0.5) is 4.39 Å². The van der Waals surface area contributed by atoms with Gasteiger partial charge >= 0.3 is 0 Å². The summed E-state index contributed by atoms with van der Waals surface area (Å²) in [7, 11) is 0. The van der Waals surface area contributed by atoms with Crippen LogP contribution in [0.1, 0.15) is 77.7 Å². The fourth-order valence-corrected chi connectivity index (χ4v) is 3.22. The number of hydrogen-bond acceptors (Lipinski definition) is 2. The van der Waals surface area contributed by atoms with Crippen LogP contribution in [0.25, 0.3) is 11.3 Å². The Hall–Kier alpha value is -1.90. The van der Waals surface area contributed by atoms with Gasteiger partial charge < -0.3 is 4.74 Å². The molecule has 0 saturated heterocycles. The third-order valence-electron chi connectivity index (χ3n) is 4.91. The summed E-state index contributed by atoms with van der Waals surface area (Å²) in [6.07, 6.45) is 12.6. The highest BCUT2D eigenvalue weighted by molar-refractivity contribution is 5.61. The van der Waals surface area contributed by atoms with Crippen LogP contribution in [0.15, 0.2) is 36.5 Å². The molecule has 0 aliphatic rings. The molecule has 0 bridgehead atoms. The number of pyridine rings is 1. The predicted molar refractivity (Wildman–Crippen MR) is 112 cm³/mol. The highest BCUT2D eigenvalue weighted by Crippen LogP contribution is 2.26. The summed E-state index contributed by atoms with van der Waals surface area (Å²) in [6.45, 7) is 6.42. The Kier molecular flexibility index (Phi) is 9.30. The van der Waals surface area contributed by atoms with Gasteiger partial charge in [-0.15, -0.1) is 0 Å². The standard InChI is InChI=1S/C24H34FNO/c1-4-6-8-9-10-12-20-13-16-24(26-18-20)22-15-14-21(17-23(22)25)27-19(3)11-7-5-2/h13-19H,4-12H2,1-3H3/t19-/m0/s1. The molecule has 0 saturated carbocycles. The number of rotatable bonds is 12. The van der Waals surface area contributed by atoms with Crippen LogP contribution in [0.2, 0.25) is 0 Å². The summed E-state index contributed by atoms with van der Waals surface area (Å²) >= 11 is 0. The van der Waals surface area contributed by atoms with Crippen molar-refractivity contribution in [2.24, 2.45) is 0 Å². The van der Waals surface area contributed by atoms with Gasteiger partial charge in [0.2, 0.25) is 0 Å². The third kappa shape index (κ3) is 7.32. The molecule has 0 unspecified atom stereocenters. The maximum atomic E-state index is 14.5. The largest absolute Gasteiger partial charge is 0.491 e. The summed E-state index contributed by atoms with van der Waals surface area (Å²) in [5.41, 5.74) is 2.42. The first-order valence-corrected chi connectivity index (χ1v) is 10.6. The lowest BCUT2D eigenvalue weighted by molar-refractivity contribution is 0.206. The highest BCUT2D eigenvalue weighted by Gasteiger charge is 2.10. The molecule has 1 heterocycles. The number of unbranched alkanes of at least 4 members (excludes halogenated alkanes) is 5. The molecule has 2 rings (SSSR count). The van der Waals surface area contributed by atoms with Gasteiger partial charge in [-0.3, -0.25) is 4.98 Å². The van der Waals surface area contributed by atoms with Crippen molar-refractivity contribution in [2.75, 3.05) is 0 Å². The van der Waals surface area contributed by atoms with Crippen molar-refractivity contribution in [1.82, 2.24) is 4.98 Å². The molecule has 2 nitrogen and oxygen atoms in total. The fraction of sp³-hybridized carbons (Fsp3) is 0.542. The summed E-state index contributed by atoms with van der Waals surface area (Å²) in [4.78, 5) is 4.48. The summed E-state index contributed by atoms with van der Waals surface area (Å²) in [5.74, 6) is 0.304. The van der Waals surface area contributed by atoms with Crippen molar-refractivity contribution in [3.8, 4) is 17.0 Å². The van der Waals surface area contributed by atoms with Crippen molar-refractivity contribution in [3.05, 3.63) is 47.9 Å². The van der Waals surface area contributed by atoms with Crippen LogP contribution in [0.3, 0.4) is 0 Å². The molecule has 1 aromatic carbocycles. The second-order valence-electron chi connectivity index (χ2n) is 7.43. The van der Waals surface area contributed by atoms with E-state index < -0.39 is 0 Å². The monoisotopic (exact) mass is 371 g/mol. The SMILES string of the molecule is CCCCCCCc1ccc(-c2ccc(O[C@@H](C)CCCC)cc2F)nc1.